The molecule has 0 aromatic rings. The molecular weight excluding hydrogens is 302 g/mol. The summed E-state index contributed by atoms with van der Waals surface area (Å²) < 4.78 is 0.658. The normalized spacial score (nSPS) is 11.3. The number of hydrogen-bond acceptors (Lipinski definition) is 0. The molecule has 0 rings (SSSR count). The Hall–Kier alpha value is 1.20. The van der Waals surface area contributed by atoms with Crippen LogP contribution in [-0.2, 0) is 0 Å². The van der Waals surface area contributed by atoms with E-state index in [4.69, 9.17) is 0 Å². The van der Waals surface area contributed by atoms with Crippen LogP contribution in [0.3, 0.4) is 0 Å². The first-order chi connectivity index (χ1) is 2.77. The lowest BCUT2D eigenvalue weighted by Gasteiger charge is -1.82. The molecule has 0 aliphatic heterocycles. The molecule has 36 valence electrons. The highest BCUT2D eigenvalue weighted by atomic mass is 127. The van der Waals surface area contributed by atoms with E-state index in [2.05, 4.69) is 57.3 Å². The fourth-order valence-corrected chi connectivity index (χ4v) is 0.976. The second-order valence-electron chi connectivity index (χ2n) is 0.860. The largest absolute Gasteiger partial charge is 0.0899 e. The lowest BCUT2D eigenvalue weighted by molar-refractivity contribution is 1.66. The van der Waals surface area contributed by atoms with Crippen molar-refractivity contribution in [2.45, 2.75) is 8.86 Å². The van der Waals surface area contributed by atoms with Crippen LogP contribution < -0.4 is 0 Å². The summed E-state index contributed by atoms with van der Waals surface area (Å²) in [4.78, 5) is 0. The fraction of sp³-hybridized carbons (Fsp3) is 0.500. The van der Waals surface area contributed by atoms with Crippen LogP contribution in [0.25, 0.3) is 0 Å². The molecule has 0 spiro atoms. The summed E-state index contributed by atoms with van der Waals surface area (Å²) in [6, 6.07) is 0. The van der Waals surface area contributed by atoms with Gasteiger partial charge in [-0.25, -0.2) is 0 Å². The molecule has 0 saturated carbocycles. The van der Waals surface area contributed by atoms with Gasteiger partial charge in [-0.05, 0) is 6.92 Å². The highest BCUT2D eigenvalue weighted by molar-refractivity contribution is 14.2. The maximum Gasteiger partial charge on any atom is 0.0805 e. The van der Waals surface area contributed by atoms with Gasteiger partial charge >= 0.3 is 0 Å². The zero-order valence-electron chi connectivity index (χ0n) is 3.49. The fourth-order valence-electron chi connectivity index (χ4n) is 0.145. The molecule has 0 heterocycles. The summed E-state index contributed by atoms with van der Waals surface area (Å²) >= 11 is 4.68. The first kappa shape index (κ1) is 7.20. The van der Waals surface area contributed by atoms with Crippen LogP contribution in [0.4, 0.5) is 0 Å². The number of alkyl halides is 2. The monoisotopic (exact) mass is 308 g/mol. The predicted molar refractivity (Wildman–Crippen MR) is 46.6 cm³/mol. The lowest BCUT2D eigenvalue weighted by Crippen LogP contribution is -1.68. The summed E-state index contributed by atoms with van der Waals surface area (Å²) in [5.74, 6) is 0. The standard InChI is InChI=1S/C4H6I2/c1-2-3-4(5)6/h2-4H,1H3. The van der Waals surface area contributed by atoms with Crippen molar-refractivity contribution in [3.63, 3.8) is 0 Å². The third-order valence-corrected chi connectivity index (χ3v) is 1.17. The van der Waals surface area contributed by atoms with E-state index in [0.29, 0.717) is 1.93 Å². The number of allylic oxidation sites excluding steroid dienone is 2. The summed E-state index contributed by atoms with van der Waals surface area (Å²) in [5.41, 5.74) is 0. The number of hydrogen-bond donors (Lipinski definition) is 0. The van der Waals surface area contributed by atoms with Gasteiger partial charge in [-0.2, -0.15) is 0 Å². The third-order valence-electron chi connectivity index (χ3n) is 0.338. The molecule has 0 radical (unpaired) electrons. The van der Waals surface area contributed by atoms with E-state index < -0.39 is 0 Å². The van der Waals surface area contributed by atoms with Gasteiger partial charge in [0.25, 0.3) is 0 Å². The van der Waals surface area contributed by atoms with Crippen LogP contribution in [0.1, 0.15) is 6.92 Å². The van der Waals surface area contributed by atoms with Crippen molar-refractivity contribution in [3.05, 3.63) is 12.2 Å². The Kier molecular flexibility index (Phi) is 5.23. The second-order valence-corrected chi connectivity index (χ2v) is 5.93. The van der Waals surface area contributed by atoms with Crippen LogP contribution >= 0.6 is 45.2 Å². The van der Waals surface area contributed by atoms with Crippen LogP contribution in [0.5, 0.6) is 0 Å². The van der Waals surface area contributed by atoms with Crippen molar-refractivity contribution < 1.29 is 0 Å². The minimum Gasteiger partial charge on any atom is -0.0899 e. The van der Waals surface area contributed by atoms with E-state index in [1.165, 1.54) is 0 Å². The topological polar surface area (TPSA) is 0 Å². The smallest absolute Gasteiger partial charge is 0.0805 e. The average molecular weight is 308 g/mol. The van der Waals surface area contributed by atoms with Crippen molar-refractivity contribution in [2.24, 2.45) is 0 Å². The van der Waals surface area contributed by atoms with E-state index in [0.717, 1.165) is 0 Å². The van der Waals surface area contributed by atoms with Gasteiger partial charge in [-0.15, -0.1) is 0 Å². The number of rotatable bonds is 1. The minimum atomic E-state index is 0.658. The highest BCUT2D eigenvalue weighted by Gasteiger charge is 1.81. The molecule has 0 N–H and O–H groups in total. The Balaban J connectivity index is 3.03. The van der Waals surface area contributed by atoms with Crippen molar-refractivity contribution >= 4 is 45.2 Å². The maximum absolute atomic E-state index is 2.34. The Morgan fingerprint density at radius 1 is 1.50 bits per heavy atom. The molecule has 0 bridgehead atoms. The lowest BCUT2D eigenvalue weighted by atomic mass is 10.6. The van der Waals surface area contributed by atoms with Gasteiger partial charge in [0.15, 0.2) is 0 Å². The molecule has 0 aliphatic carbocycles. The van der Waals surface area contributed by atoms with E-state index in [1.54, 1.807) is 0 Å². The quantitative estimate of drug-likeness (QED) is 0.397. The first-order valence-corrected chi connectivity index (χ1v) is 4.17. The summed E-state index contributed by atoms with van der Waals surface area (Å²) in [6.07, 6.45) is 4.20. The Labute approximate surface area is 65.7 Å². The average Bonchev–Trinajstić information content (AvgIpc) is 1.35. The Morgan fingerprint density at radius 2 is 2.00 bits per heavy atom. The van der Waals surface area contributed by atoms with Crippen molar-refractivity contribution in [2.75, 3.05) is 0 Å². The van der Waals surface area contributed by atoms with E-state index in [1.807, 2.05) is 6.92 Å². The van der Waals surface area contributed by atoms with Gasteiger partial charge in [-0.1, -0.05) is 57.3 Å². The highest BCUT2D eigenvalue weighted by Crippen LogP contribution is 2.09. The molecule has 0 saturated heterocycles. The summed E-state index contributed by atoms with van der Waals surface area (Å²) in [7, 11) is 0. The van der Waals surface area contributed by atoms with Gasteiger partial charge in [0.1, 0.15) is 0 Å². The molecule has 0 aliphatic rings. The van der Waals surface area contributed by atoms with Gasteiger partial charge in [-0.3, -0.25) is 0 Å². The van der Waals surface area contributed by atoms with E-state index in [9.17, 15) is 0 Å². The molecule has 0 fully saturated rings. The zero-order chi connectivity index (χ0) is 4.99. The summed E-state index contributed by atoms with van der Waals surface area (Å²) in [6.45, 7) is 2.03. The Morgan fingerprint density at radius 3 is 2.00 bits per heavy atom. The molecular formula is C4H6I2. The molecule has 6 heavy (non-hydrogen) atoms. The molecule has 0 aromatic carbocycles. The van der Waals surface area contributed by atoms with Crippen molar-refractivity contribution in [1.82, 2.24) is 0 Å². The zero-order valence-corrected chi connectivity index (χ0v) is 7.80. The predicted octanol–water partition coefficient (Wildman–Crippen LogP) is 2.76. The van der Waals surface area contributed by atoms with Crippen molar-refractivity contribution in [3.8, 4) is 0 Å². The molecule has 0 amide bonds. The third kappa shape index (κ3) is 5.20. The van der Waals surface area contributed by atoms with Gasteiger partial charge in [0.2, 0.25) is 0 Å². The first-order valence-electron chi connectivity index (χ1n) is 1.68. The van der Waals surface area contributed by atoms with Gasteiger partial charge < -0.3 is 0 Å². The maximum atomic E-state index is 2.34. The van der Waals surface area contributed by atoms with Crippen molar-refractivity contribution in [1.29, 1.82) is 0 Å². The number of halogens is 2. The van der Waals surface area contributed by atoms with E-state index >= 15 is 0 Å². The van der Waals surface area contributed by atoms with Crippen LogP contribution in [0, 0.1) is 0 Å². The van der Waals surface area contributed by atoms with Gasteiger partial charge in [0.05, 0.1) is 1.93 Å². The molecule has 0 unspecified atom stereocenters. The molecule has 0 aromatic heterocycles. The molecule has 0 nitrogen and oxygen atoms in total. The Bertz CT molecular complexity index is 47.5. The van der Waals surface area contributed by atoms with E-state index in [-0.39, 0.29) is 0 Å². The van der Waals surface area contributed by atoms with Gasteiger partial charge in [0, 0.05) is 0 Å². The SMILES string of the molecule is CC=CC(I)I. The summed E-state index contributed by atoms with van der Waals surface area (Å²) in [5, 5.41) is 0. The minimum absolute atomic E-state index is 0.658. The molecule has 0 atom stereocenters. The molecule has 2 heteroatoms. The van der Waals surface area contributed by atoms with Crippen LogP contribution in [-0.4, -0.2) is 1.93 Å². The van der Waals surface area contributed by atoms with Crippen LogP contribution in [0.15, 0.2) is 12.2 Å². The second kappa shape index (κ2) is 4.36. The van der Waals surface area contributed by atoms with Crippen LogP contribution in [0.2, 0.25) is 0 Å².